The third-order valence-corrected chi connectivity index (χ3v) is 3.71. The summed E-state index contributed by atoms with van der Waals surface area (Å²) in [5.74, 6) is 1.07. The first-order valence-electron chi connectivity index (χ1n) is 5.83. The van der Waals surface area contributed by atoms with Crippen LogP contribution in [0.5, 0.6) is 0 Å². The van der Waals surface area contributed by atoms with Gasteiger partial charge in [0.15, 0.2) is 0 Å². The molecule has 0 amide bonds. The molecular weight excluding hydrogens is 280 g/mol. The van der Waals surface area contributed by atoms with Gasteiger partial charge in [0.2, 0.25) is 5.95 Å². The average molecular weight is 295 g/mol. The monoisotopic (exact) mass is 294 g/mol. The van der Waals surface area contributed by atoms with E-state index in [2.05, 4.69) is 56.0 Å². The molecule has 1 aromatic carbocycles. The molecular formula is C12H15BrN4. The summed E-state index contributed by atoms with van der Waals surface area (Å²) in [6.45, 7) is 4.12. The second-order valence-corrected chi connectivity index (χ2v) is 5.26. The predicted octanol–water partition coefficient (Wildman–Crippen LogP) is 1.75. The Morgan fingerprint density at radius 3 is 2.82 bits per heavy atom. The molecule has 4 nitrogen and oxygen atoms in total. The number of anilines is 1. The topological polar surface area (TPSA) is 33.1 Å². The number of hydrogen-bond donors (Lipinski definition) is 1. The highest BCUT2D eigenvalue weighted by Crippen LogP contribution is 2.24. The zero-order valence-electron chi connectivity index (χ0n) is 9.78. The Labute approximate surface area is 109 Å². The first kappa shape index (κ1) is 11.0. The second kappa shape index (κ2) is 4.31. The highest BCUT2D eigenvalue weighted by molar-refractivity contribution is 9.10. The predicted molar refractivity (Wildman–Crippen MR) is 73.5 cm³/mol. The van der Waals surface area contributed by atoms with Crippen molar-refractivity contribution in [1.29, 1.82) is 0 Å². The lowest BCUT2D eigenvalue weighted by molar-refractivity contribution is 0.575. The Kier molecular flexibility index (Phi) is 2.80. The Bertz CT molecular complexity index is 543. The van der Waals surface area contributed by atoms with Crippen LogP contribution in [0.2, 0.25) is 0 Å². The van der Waals surface area contributed by atoms with Crippen LogP contribution in [0.15, 0.2) is 22.7 Å². The molecule has 5 heteroatoms. The van der Waals surface area contributed by atoms with Gasteiger partial charge in [-0.3, -0.25) is 0 Å². The summed E-state index contributed by atoms with van der Waals surface area (Å²) in [7, 11) is 2.08. The number of nitrogens with zero attached hydrogens (tertiary/aromatic N) is 3. The molecule has 1 N–H and O–H groups in total. The Morgan fingerprint density at radius 1 is 1.29 bits per heavy atom. The van der Waals surface area contributed by atoms with Crippen molar-refractivity contribution >= 4 is 32.9 Å². The molecule has 1 aliphatic heterocycles. The number of halogens is 1. The summed E-state index contributed by atoms with van der Waals surface area (Å²) >= 11 is 3.49. The minimum absolute atomic E-state index is 1.03. The van der Waals surface area contributed by atoms with Gasteiger partial charge in [-0.1, -0.05) is 15.9 Å². The number of nitrogens with one attached hydrogen (secondary N) is 1. The largest absolute Gasteiger partial charge is 0.340 e. The van der Waals surface area contributed by atoms with Crippen LogP contribution in [-0.2, 0) is 7.05 Å². The van der Waals surface area contributed by atoms with Gasteiger partial charge in [-0.2, -0.15) is 0 Å². The standard InChI is InChI=1S/C12H15BrN4/c1-16-11-3-2-9(13)8-10(11)15-12(16)17-6-4-14-5-7-17/h2-3,8,14H,4-7H2,1H3. The summed E-state index contributed by atoms with van der Waals surface area (Å²) in [5, 5.41) is 3.36. The first-order chi connectivity index (χ1) is 8.25. The molecule has 0 radical (unpaired) electrons. The van der Waals surface area contributed by atoms with Crippen molar-refractivity contribution in [3.05, 3.63) is 22.7 Å². The fourth-order valence-corrected chi connectivity index (χ4v) is 2.66. The Balaban J connectivity index is 2.07. The van der Waals surface area contributed by atoms with E-state index in [9.17, 15) is 0 Å². The number of aromatic nitrogens is 2. The van der Waals surface area contributed by atoms with Crippen molar-refractivity contribution in [3.8, 4) is 0 Å². The molecule has 3 rings (SSSR count). The van der Waals surface area contributed by atoms with Gasteiger partial charge in [0.05, 0.1) is 11.0 Å². The molecule has 1 aromatic heterocycles. The number of fused-ring (bicyclic) bond motifs is 1. The zero-order chi connectivity index (χ0) is 11.8. The fourth-order valence-electron chi connectivity index (χ4n) is 2.31. The number of piperazine rings is 1. The highest BCUT2D eigenvalue weighted by atomic mass is 79.9. The highest BCUT2D eigenvalue weighted by Gasteiger charge is 2.16. The molecule has 0 atom stereocenters. The van der Waals surface area contributed by atoms with Crippen LogP contribution in [0, 0.1) is 0 Å². The number of rotatable bonds is 1. The molecule has 1 fully saturated rings. The maximum Gasteiger partial charge on any atom is 0.206 e. The number of imidazole rings is 1. The molecule has 2 aromatic rings. The molecule has 0 aliphatic carbocycles. The van der Waals surface area contributed by atoms with E-state index in [1.54, 1.807) is 0 Å². The second-order valence-electron chi connectivity index (χ2n) is 4.34. The van der Waals surface area contributed by atoms with Crippen molar-refractivity contribution in [2.45, 2.75) is 0 Å². The van der Waals surface area contributed by atoms with Crippen molar-refractivity contribution < 1.29 is 0 Å². The van der Waals surface area contributed by atoms with Gasteiger partial charge in [0.1, 0.15) is 0 Å². The fraction of sp³-hybridized carbons (Fsp3) is 0.417. The van der Waals surface area contributed by atoms with Crippen molar-refractivity contribution in [2.24, 2.45) is 7.05 Å². The lowest BCUT2D eigenvalue weighted by Gasteiger charge is -2.28. The molecule has 0 bridgehead atoms. The van der Waals surface area contributed by atoms with Gasteiger partial charge in [-0.05, 0) is 18.2 Å². The average Bonchev–Trinajstić information content (AvgIpc) is 2.67. The zero-order valence-corrected chi connectivity index (χ0v) is 11.4. The van der Waals surface area contributed by atoms with Gasteiger partial charge in [0.25, 0.3) is 0 Å². The summed E-state index contributed by atoms with van der Waals surface area (Å²) in [6.07, 6.45) is 0. The molecule has 0 unspecified atom stereocenters. The molecule has 17 heavy (non-hydrogen) atoms. The van der Waals surface area contributed by atoms with E-state index in [1.165, 1.54) is 5.52 Å². The van der Waals surface area contributed by atoms with E-state index in [0.717, 1.165) is 42.1 Å². The third kappa shape index (κ3) is 1.93. The summed E-state index contributed by atoms with van der Waals surface area (Å²) in [6, 6.07) is 6.24. The normalized spacial score (nSPS) is 16.7. The number of aryl methyl sites for hydroxylation is 1. The smallest absolute Gasteiger partial charge is 0.206 e. The minimum Gasteiger partial charge on any atom is -0.340 e. The van der Waals surface area contributed by atoms with E-state index in [1.807, 2.05) is 0 Å². The van der Waals surface area contributed by atoms with E-state index in [-0.39, 0.29) is 0 Å². The van der Waals surface area contributed by atoms with Crippen LogP contribution in [0.3, 0.4) is 0 Å². The van der Waals surface area contributed by atoms with Gasteiger partial charge in [0, 0.05) is 37.7 Å². The first-order valence-corrected chi connectivity index (χ1v) is 6.62. The Morgan fingerprint density at radius 2 is 2.06 bits per heavy atom. The molecule has 1 aliphatic rings. The lowest BCUT2D eigenvalue weighted by Crippen LogP contribution is -2.44. The van der Waals surface area contributed by atoms with Crippen LogP contribution in [0.4, 0.5) is 5.95 Å². The molecule has 90 valence electrons. The quantitative estimate of drug-likeness (QED) is 0.870. The molecule has 0 saturated carbocycles. The Hall–Kier alpha value is -1.07. The van der Waals surface area contributed by atoms with Gasteiger partial charge >= 0.3 is 0 Å². The summed E-state index contributed by atoms with van der Waals surface area (Å²) in [5.41, 5.74) is 2.23. The maximum absolute atomic E-state index is 4.73. The van der Waals surface area contributed by atoms with E-state index in [4.69, 9.17) is 4.98 Å². The molecule has 2 heterocycles. The van der Waals surface area contributed by atoms with Gasteiger partial charge in [-0.25, -0.2) is 4.98 Å². The lowest BCUT2D eigenvalue weighted by atomic mass is 10.3. The maximum atomic E-state index is 4.73. The van der Waals surface area contributed by atoms with E-state index in [0.29, 0.717) is 0 Å². The third-order valence-electron chi connectivity index (χ3n) is 3.22. The van der Waals surface area contributed by atoms with Crippen LogP contribution in [-0.4, -0.2) is 35.7 Å². The van der Waals surface area contributed by atoms with Crippen molar-refractivity contribution in [1.82, 2.24) is 14.9 Å². The van der Waals surface area contributed by atoms with E-state index >= 15 is 0 Å². The van der Waals surface area contributed by atoms with Crippen LogP contribution in [0.1, 0.15) is 0 Å². The molecule has 1 saturated heterocycles. The number of benzene rings is 1. The van der Waals surface area contributed by atoms with Crippen LogP contribution in [0.25, 0.3) is 11.0 Å². The van der Waals surface area contributed by atoms with Crippen molar-refractivity contribution in [2.75, 3.05) is 31.1 Å². The summed E-state index contributed by atoms with van der Waals surface area (Å²) < 4.78 is 3.25. The van der Waals surface area contributed by atoms with Gasteiger partial charge in [-0.15, -0.1) is 0 Å². The SMILES string of the molecule is Cn1c(N2CCNCC2)nc2cc(Br)ccc21. The summed E-state index contributed by atoms with van der Waals surface area (Å²) in [4.78, 5) is 7.07. The number of hydrogen-bond acceptors (Lipinski definition) is 3. The van der Waals surface area contributed by atoms with Crippen molar-refractivity contribution in [3.63, 3.8) is 0 Å². The minimum atomic E-state index is 1.03. The van der Waals surface area contributed by atoms with Crippen LogP contribution < -0.4 is 10.2 Å². The van der Waals surface area contributed by atoms with E-state index < -0.39 is 0 Å². The van der Waals surface area contributed by atoms with Gasteiger partial charge < -0.3 is 14.8 Å². The molecule has 0 spiro atoms. The van der Waals surface area contributed by atoms with Crippen LogP contribution >= 0.6 is 15.9 Å².